The summed E-state index contributed by atoms with van der Waals surface area (Å²) in [7, 11) is 0. The van der Waals surface area contributed by atoms with E-state index in [1.54, 1.807) is 36.4 Å². The molecular weight excluding hydrogens is 346 g/mol. The van der Waals surface area contributed by atoms with E-state index in [4.69, 9.17) is 15.2 Å². The Balaban J connectivity index is 1.61. The van der Waals surface area contributed by atoms with Gasteiger partial charge in [0.2, 0.25) is 17.7 Å². The van der Waals surface area contributed by atoms with Crippen LogP contribution in [0.2, 0.25) is 0 Å². The van der Waals surface area contributed by atoms with E-state index < -0.39 is 5.91 Å². The zero-order valence-electron chi connectivity index (χ0n) is 15.4. The lowest BCUT2D eigenvalue weighted by molar-refractivity contribution is -0.130. The molecule has 1 aliphatic rings. The van der Waals surface area contributed by atoms with E-state index in [9.17, 15) is 9.59 Å². The molecule has 0 radical (unpaired) electrons. The van der Waals surface area contributed by atoms with Crippen molar-refractivity contribution >= 4 is 17.5 Å². The highest BCUT2D eigenvalue weighted by atomic mass is 16.5. The Hall–Kier alpha value is -2.93. The minimum absolute atomic E-state index is 0.0315. The van der Waals surface area contributed by atoms with Gasteiger partial charge in [0.05, 0.1) is 17.5 Å². The van der Waals surface area contributed by atoms with Gasteiger partial charge in [-0.15, -0.1) is 0 Å². The molecule has 7 nitrogen and oxygen atoms in total. The van der Waals surface area contributed by atoms with Gasteiger partial charge in [-0.3, -0.25) is 9.59 Å². The van der Waals surface area contributed by atoms with Crippen LogP contribution in [-0.4, -0.2) is 29.0 Å². The Kier molecular flexibility index (Phi) is 5.41. The number of nitrogens with one attached hydrogen (secondary N) is 1. The Morgan fingerprint density at radius 3 is 2.78 bits per heavy atom. The molecule has 27 heavy (non-hydrogen) atoms. The first-order valence-electron chi connectivity index (χ1n) is 8.81. The summed E-state index contributed by atoms with van der Waals surface area (Å²) < 4.78 is 11.3. The Bertz CT molecular complexity index is 833. The number of primary amides is 1. The van der Waals surface area contributed by atoms with Crippen molar-refractivity contribution in [3.63, 3.8) is 0 Å². The van der Waals surface area contributed by atoms with Gasteiger partial charge in [-0.25, -0.2) is 4.98 Å². The number of anilines is 1. The fourth-order valence-corrected chi connectivity index (χ4v) is 3.05. The van der Waals surface area contributed by atoms with Gasteiger partial charge in [0, 0.05) is 24.2 Å². The van der Waals surface area contributed by atoms with Crippen molar-refractivity contribution in [2.24, 2.45) is 11.7 Å². The lowest BCUT2D eigenvalue weighted by atomic mass is 9.88. The van der Waals surface area contributed by atoms with Crippen molar-refractivity contribution in [1.29, 1.82) is 0 Å². The number of carbonyl (C=O) groups is 2. The number of carbonyl (C=O) groups excluding carboxylic acids is 2. The van der Waals surface area contributed by atoms with Gasteiger partial charge in [-0.05, 0) is 51.0 Å². The molecule has 1 saturated heterocycles. The summed E-state index contributed by atoms with van der Waals surface area (Å²) in [6.45, 7) is 4.57. The van der Waals surface area contributed by atoms with Crippen molar-refractivity contribution < 1.29 is 19.1 Å². The number of amides is 2. The number of hydrogen-bond acceptors (Lipinski definition) is 5. The van der Waals surface area contributed by atoms with E-state index in [-0.39, 0.29) is 17.4 Å². The molecule has 3 N–H and O–H groups in total. The van der Waals surface area contributed by atoms with Crippen LogP contribution in [0.4, 0.5) is 5.69 Å². The van der Waals surface area contributed by atoms with Gasteiger partial charge >= 0.3 is 0 Å². The van der Waals surface area contributed by atoms with Gasteiger partial charge in [0.25, 0.3) is 0 Å². The summed E-state index contributed by atoms with van der Waals surface area (Å²) in [4.78, 5) is 27.9. The number of rotatable bonds is 5. The molecule has 0 spiro atoms. The number of benzene rings is 1. The van der Waals surface area contributed by atoms with Crippen LogP contribution in [0, 0.1) is 5.92 Å². The van der Waals surface area contributed by atoms with Crippen LogP contribution in [-0.2, 0) is 9.53 Å². The number of aromatic nitrogens is 1. The summed E-state index contributed by atoms with van der Waals surface area (Å²) in [6, 6.07) is 9.92. The van der Waals surface area contributed by atoms with Crippen LogP contribution in [0.15, 0.2) is 42.6 Å². The normalized spacial score (nSPS) is 18.5. The maximum atomic E-state index is 12.5. The molecule has 142 valence electrons. The second-order valence-corrected chi connectivity index (χ2v) is 7.17. The van der Waals surface area contributed by atoms with Crippen LogP contribution in [0.1, 0.15) is 37.0 Å². The average molecular weight is 369 g/mol. The molecule has 2 amide bonds. The smallest absolute Gasteiger partial charge is 0.248 e. The molecule has 7 heteroatoms. The second-order valence-electron chi connectivity index (χ2n) is 7.17. The fourth-order valence-electron chi connectivity index (χ4n) is 3.05. The van der Waals surface area contributed by atoms with Crippen LogP contribution in [0.3, 0.4) is 0 Å². The number of pyridine rings is 1. The summed E-state index contributed by atoms with van der Waals surface area (Å²) in [5.41, 5.74) is 5.94. The van der Waals surface area contributed by atoms with E-state index in [1.165, 1.54) is 6.20 Å². The first-order valence-corrected chi connectivity index (χ1v) is 8.81. The van der Waals surface area contributed by atoms with Crippen molar-refractivity contribution in [2.75, 3.05) is 11.9 Å². The van der Waals surface area contributed by atoms with Gasteiger partial charge < -0.3 is 20.5 Å². The standard InChI is InChI=1S/C20H23N3O4/c1-20(2)11-14(8-9-26-20)19(25)23-15-6-7-17(22-12-15)27-16-5-3-4-13(10-16)18(21)24/h3-7,10,12,14H,8-9,11H2,1-2H3,(H2,21,24)(H,23,25). The van der Waals surface area contributed by atoms with E-state index >= 15 is 0 Å². The van der Waals surface area contributed by atoms with Gasteiger partial charge in [-0.2, -0.15) is 0 Å². The maximum absolute atomic E-state index is 12.5. The molecule has 1 unspecified atom stereocenters. The molecule has 0 aliphatic carbocycles. The third kappa shape index (κ3) is 5.04. The predicted molar refractivity (Wildman–Crippen MR) is 101 cm³/mol. The minimum Gasteiger partial charge on any atom is -0.439 e. The quantitative estimate of drug-likeness (QED) is 0.843. The second kappa shape index (κ2) is 7.75. The summed E-state index contributed by atoms with van der Waals surface area (Å²) >= 11 is 0. The molecule has 0 saturated carbocycles. The SMILES string of the molecule is CC1(C)CC(C(=O)Nc2ccc(Oc3cccc(C(N)=O)c3)nc2)CCO1. The van der Waals surface area contributed by atoms with Crippen LogP contribution < -0.4 is 15.8 Å². The highest BCUT2D eigenvalue weighted by Crippen LogP contribution is 2.29. The van der Waals surface area contributed by atoms with Gasteiger partial charge in [0.1, 0.15) is 5.75 Å². The van der Waals surface area contributed by atoms with E-state index in [2.05, 4.69) is 10.3 Å². The zero-order valence-corrected chi connectivity index (χ0v) is 15.4. The third-order valence-electron chi connectivity index (χ3n) is 4.41. The Morgan fingerprint density at radius 1 is 1.30 bits per heavy atom. The molecule has 2 heterocycles. The third-order valence-corrected chi connectivity index (χ3v) is 4.41. The molecule has 3 rings (SSSR count). The lowest BCUT2D eigenvalue weighted by Gasteiger charge is -2.34. The number of nitrogens with zero attached hydrogens (tertiary/aromatic N) is 1. The van der Waals surface area contributed by atoms with Crippen molar-refractivity contribution in [3.8, 4) is 11.6 Å². The molecule has 1 aromatic heterocycles. The summed E-state index contributed by atoms with van der Waals surface area (Å²) in [5.74, 6) is 0.168. The highest BCUT2D eigenvalue weighted by Gasteiger charge is 2.32. The fraction of sp³-hybridized carbons (Fsp3) is 0.350. The first kappa shape index (κ1) is 18.8. The molecule has 2 aromatic rings. The van der Waals surface area contributed by atoms with Crippen molar-refractivity contribution in [3.05, 3.63) is 48.2 Å². The van der Waals surface area contributed by atoms with Gasteiger partial charge in [0.15, 0.2) is 0 Å². The minimum atomic E-state index is -0.525. The van der Waals surface area contributed by atoms with E-state index in [1.807, 2.05) is 13.8 Å². The van der Waals surface area contributed by atoms with E-state index in [0.29, 0.717) is 42.3 Å². The maximum Gasteiger partial charge on any atom is 0.248 e. The predicted octanol–water partition coefficient (Wildman–Crippen LogP) is 3.12. The summed E-state index contributed by atoms with van der Waals surface area (Å²) in [6.07, 6.45) is 2.93. The molecule has 1 fully saturated rings. The van der Waals surface area contributed by atoms with Gasteiger partial charge in [-0.1, -0.05) is 6.07 Å². The zero-order chi connectivity index (χ0) is 19.4. The van der Waals surface area contributed by atoms with Crippen molar-refractivity contribution in [2.45, 2.75) is 32.3 Å². The number of nitrogens with two attached hydrogens (primary N) is 1. The van der Waals surface area contributed by atoms with Crippen LogP contribution >= 0.6 is 0 Å². The molecule has 1 aliphatic heterocycles. The summed E-state index contributed by atoms with van der Waals surface area (Å²) in [5, 5.41) is 2.89. The molecular formula is C20H23N3O4. The molecule has 0 bridgehead atoms. The molecule has 1 aromatic carbocycles. The molecule has 1 atom stereocenters. The number of hydrogen-bond donors (Lipinski definition) is 2. The Morgan fingerprint density at radius 2 is 2.11 bits per heavy atom. The largest absolute Gasteiger partial charge is 0.439 e. The lowest BCUT2D eigenvalue weighted by Crippen LogP contribution is -2.39. The average Bonchev–Trinajstić information content (AvgIpc) is 2.62. The van der Waals surface area contributed by atoms with Crippen molar-refractivity contribution in [1.82, 2.24) is 4.98 Å². The first-order chi connectivity index (χ1) is 12.8. The monoisotopic (exact) mass is 369 g/mol. The Labute approximate surface area is 157 Å². The topological polar surface area (TPSA) is 104 Å². The highest BCUT2D eigenvalue weighted by molar-refractivity contribution is 5.93. The van der Waals surface area contributed by atoms with Crippen LogP contribution in [0.5, 0.6) is 11.6 Å². The van der Waals surface area contributed by atoms with E-state index in [0.717, 1.165) is 0 Å². The van der Waals surface area contributed by atoms with Crippen LogP contribution in [0.25, 0.3) is 0 Å². The number of ether oxygens (including phenoxy) is 2.